The van der Waals surface area contributed by atoms with E-state index in [1.54, 1.807) is 40.9 Å². The molecular formula is C28H28N6O4. The molecule has 3 N–H and O–H groups in total. The van der Waals surface area contributed by atoms with E-state index in [0.29, 0.717) is 58.4 Å². The molecule has 38 heavy (non-hydrogen) atoms. The third-order valence-corrected chi connectivity index (χ3v) is 7.23. The van der Waals surface area contributed by atoms with Gasteiger partial charge < -0.3 is 20.3 Å². The Morgan fingerprint density at radius 1 is 1.18 bits per heavy atom. The number of fused-ring (bicyclic) bond motifs is 3. The highest BCUT2D eigenvalue weighted by molar-refractivity contribution is 6.12. The number of nitriles is 1. The Bertz CT molecular complexity index is 1670. The van der Waals surface area contributed by atoms with Crippen LogP contribution in [0.4, 0.5) is 10.5 Å². The number of benzene rings is 2. The van der Waals surface area contributed by atoms with Crippen LogP contribution in [-0.2, 0) is 0 Å². The van der Waals surface area contributed by atoms with E-state index >= 15 is 0 Å². The van der Waals surface area contributed by atoms with E-state index in [-0.39, 0.29) is 28.8 Å². The molecule has 2 aromatic carbocycles. The lowest BCUT2D eigenvalue weighted by Crippen LogP contribution is -2.51. The molecule has 0 radical (unpaired) electrons. The molecule has 4 aromatic rings. The minimum atomic E-state index is -0.940. The molecule has 0 bridgehead atoms. The highest BCUT2D eigenvalue weighted by Gasteiger charge is 2.40. The molecule has 1 aliphatic rings. The second-order valence-corrected chi connectivity index (χ2v) is 10.7. The molecule has 2 aromatic heterocycles. The van der Waals surface area contributed by atoms with Crippen molar-refractivity contribution in [2.45, 2.75) is 45.6 Å². The molecule has 194 valence electrons. The number of hydrogen-bond donors (Lipinski definition) is 3. The number of piperidine rings is 1. The van der Waals surface area contributed by atoms with Crippen LogP contribution in [0, 0.1) is 16.7 Å². The number of nitrogens with one attached hydrogen (secondary N) is 2. The third kappa shape index (κ3) is 4.47. The van der Waals surface area contributed by atoms with Crippen LogP contribution in [0.25, 0.3) is 16.6 Å². The van der Waals surface area contributed by atoms with Gasteiger partial charge in [0.25, 0.3) is 11.5 Å². The second kappa shape index (κ2) is 9.34. The van der Waals surface area contributed by atoms with Gasteiger partial charge in [-0.15, -0.1) is 0 Å². The van der Waals surface area contributed by atoms with E-state index in [0.717, 1.165) is 0 Å². The molecule has 0 saturated carbocycles. The average molecular weight is 513 g/mol. The summed E-state index contributed by atoms with van der Waals surface area (Å²) in [6, 6.07) is 15.1. The lowest BCUT2D eigenvalue weighted by molar-refractivity contribution is 0.0518. The first-order valence-electron chi connectivity index (χ1n) is 12.4. The van der Waals surface area contributed by atoms with E-state index in [1.807, 2.05) is 26.8 Å². The quantitative estimate of drug-likeness (QED) is 0.367. The van der Waals surface area contributed by atoms with E-state index < -0.39 is 6.09 Å². The van der Waals surface area contributed by atoms with Gasteiger partial charge in [0.15, 0.2) is 0 Å². The molecule has 1 fully saturated rings. The number of anilines is 1. The topological polar surface area (TPSA) is 144 Å². The van der Waals surface area contributed by atoms with Crippen molar-refractivity contribution >= 4 is 34.2 Å². The zero-order valence-electron chi connectivity index (χ0n) is 21.4. The SMILES string of the molecule is CC(C)(C)C1CC(c2cc(=O)[nH]c3c4c(NC(=O)c5cccc(C#N)c5)cccc4nn23)CCN1C(=O)O. The zero-order valence-corrected chi connectivity index (χ0v) is 21.4. The minimum absolute atomic E-state index is 0.0827. The van der Waals surface area contributed by atoms with Gasteiger partial charge in [-0.1, -0.05) is 32.9 Å². The fourth-order valence-corrected chi connectivity index (χ4v) is 5.39. The van der Waals surface area contributed by atoms with Crippen molar-refractivity contribution in [2.24, 2.45) is 5.41 Å². The van der Waals surface area contributed by atoms with Crippen LogP contribution >= 0.6 is 0 Å². The molecule has 5 rings (SSSR count). The standard InChI is InChI=1S/C28H28N6O4/c1-28(2,3)22-13-17(10-11-33(22)27(37)38)21-14-23(35)31-25-24-19(8-5-9-20(24)32-34(21)25)30-26(36)18-7-4-6-16(12-18)15-29/h4-9,12,14,17,22H,10-11,13H2,1-3H3,(H,30,36)(H,31,35)(H,37,38). The summed E-state index contributed by atoms with van der Waals surface area (Å²) in [6.45, 7) is 6.42. The second-order valence-electron chi connectivity index (χ2n) is 10.7. The molecular weight excluding hydrogens is 484 g/mol. The van der Waals surface area contributed by atoms with E-state index in [9.17, 15) is 19.5 Å². The lowest BCUT2D eigenvalue weighted by Gasteiger charge is -2.44. The molecule has 0 aliphatic carbocycles. The van der Waals surface area contributed by atoms with Gasteiger partial charge in [0.2, 0.25) is 0 Å². The molecule has 10 nitrogen and oxygen atoms in total. The van der Waals surface area contributed by atoms with Crippen molar-refractivity contribution in [1.82, 2.24) is 19.5 Å². The Hall–Kier alpha value is -4.65. The Morgan fingerprint density at radius 2 is 1.95 bits per heavy atom. The van der Waals surface area contributed by atoms with Crippen LogP contribution in [0.5, 0.6) is 0 Å². The predicted octanol–water partition coefficient (Wildman–Crippen LogP) is 4.57. The minimum Gasteiger partial charge on any atom is -0.465 e. The smallest absolute Gasteiger partial charge is 0.407 e. The largest absolute Gasteiger partial charge is 0.465 e. The molecule has 0 spiro atoms. The van der Waals surface area contributed by atoms with Crippen LogP contribution in [0.1, 0.15) is 61.1 Å². The van der Waals surface area contributed by atoms with Gasteiger partial charge in [0, 0.05) is 30.1 Å². The molecule has 1 saturated heterocycles. The first-order valence-corrected chi connectivity index (χ1v) is 12.4. The monoisotopic (exact) mass is 512 g/mol. The molecule has 10 heteroatoms. The van der Waals surface area contributed by atoms with E-state index in [1.165, 1.54) is 17.0 Å². The van der Waals surface area contributed by atoms with Crippen LogP contribution in [0.2, 0.25) is 0 Å². The van der Waals surface area contributed by atoms with Gasteiger partial charge >= 0.3 is 6.09 Å². The number of H-pyrrole nitrogens is 1. The lowest BCUT2D eigenvalue weighted by atomic mass is 9.76. The number of likely N-dealkylation sites (tertiary alicyclic amines) is 1. The number of carbonyl (C=O) groups excluding carboxylic acids is 1. The number of aromatic amines is 1. The van der Waals surface area contributed by atoms with Crippen molar-refractivity contribution in [3.8, 4) is 6.07 Å². The first-order chi connectivity index (χ1) is 18.1. The zero-order chi connectivity index (χ0) is 27.2. The summed E-state index contributed by atoms with van der Waals surface area (Å²) < 4.78 is 1.71. The van der Waals surface area contributed by atoms with Gasteiger partial charge in [0.05, 0.1) is 33.9 Å². The van der Waals surface area contributed by atoms with Crippen molar-refractivity contribution in [2.75, 3.05) is 11.9 Å². The highest BCUT2D eigenvalue weighted by atomic mass is 16.4. The van der Waals surface area contributed by atoms with Gasteiger partial charge in [-0.05, 0) is 48.6 Å². The van der Waals surface area contributed by atoms with Crippen LogP contribution in [0.15, 0.2) is 53.3 Å². The number of amides is 2. The number of nitrogens with zero attached hydrogens (tertiary/aromatic N) is 4. The summed E-state index contributed by atoms with van der Waals surface area (Å²) in [4.78, 5) is 42.1. The Kier molecular flexibility index (Phi) is 6.15. The maximum Gasteiger partial charge on any atom is 0.407 e. The normalized spacial score (nSPS) is 17.9. The number of carbonyl (C=O) groups is 2. The van der Waals surface area contributed by atoms with Gasteiger partial charge in [-0.3, -0.25) is 9.59 Å². The molecule has 2 unspecified atom stereocenters. The first kappa shape index (κ1) is 25.0. The number of rotatable bonds is 3. The number of aromatic nitrogens is 3. The summed E-state index contributed by atoms with van der Waals surface area (Å²) in [7, 11) is 0. The van der Waals surface area contributed by atoms with Gasteiger partial charge in [-0.25, -0.2) is 9.31 Å². The summed E-state index contributed by atoms with van der Waals surface area (Å²) in [5, 5.41) is 27.2. The summed E-state index contributed by atoms with van der Waals surface area (Å²) in [5.41, 5.74) is 2.36. The van der Waals surface area contributed by atoms with Crippen molar-refractivity contribution in [1.29, 1.82) is 5.26 Å². The van der Waals surface area contributed by atoms with Crippen LogP contribution < -0.4 is 10.9 Å². The Morgan fingerprint density at radius 3 is 2.66 bits per heavy atom. The maximum atomic E-state index is 13.0. The van der Waals surface area contributed by atoms with Crippen LogP contribution in [-0.4, -0.2) is 49.2 Å². The van der Waals surface area contributed by atoms with E-state index in [4.69, 9.17) is 10.4 Å². The molecule has 2 atom stereocenters. The Balaban J connectivity index is 1.58. The fraction of sp³-hybridized carbons (Fsp3) is 0.321. The number of carboxylic acid groups (broad SMARTS) is 1. The highest BCUT2D eigenvalue weighted by Crippen LogP contribution is 2.39. The Labute approximate surface area is 218 Å². The summed E-state index contributed by atoms with van der Waals surface area (Å²) in [5.74, 6) is -0.470. The fourth-order valence-electron chi connectivity index (χ4n) is 5.39. The van der Waals surface area contributed by atoms with Gasteiger partial charge in [0.1, 0.15) is 5.65 Å². The van der Waals surface area contributed by atoms with Crippen molar-refractivity contribution in [3.63, 3.8) is 0 Å². The summed E-state index contributed by atoms with van der Waals surface area (Å²) >= 11 is 0. The van der Waals surface area contributed by atoms with Crippen molar-refractivity contribution < 1.29 is 14.7 Å². The average Bonchev–Trinajstić information content (AvgIpc) is 3.26. The summed E-state index contributed by atoms with van der Waals surface area (Å²) in [6.07, 6.45) is 0.181. The molecule has 1 aliphatic heterocycles. The van der Waals surface area contributed by atoms with E-state index in [2.05, 4.69) is 10.3 Å². The van der Waals surface area contributed by atoms with Crippen LogP contribution in [0.3, 0.4) is 0 Å². The maximum absolute atomic E-state index is 13.0. The van der Waals surface area contributed by atoms with Gasteiger partial charge in [-0.2, -0.15) is 10.4 Å². The predicted molar refractivity (Wildman–Crippen MR) is 142 cm³/mol. The molecule has 3 heterocycles. The third-order valence-electron chi connectivity index (χ3n) is 7.23. The number of hydrogen-bond acceptors (Lipinski definition) is 5. The molecule has 2 amide bonds. The van der Waals surface area contributed by atoms with Crippen molar-refractivity contribution in [3.05, 3.63) is 75.7 Å².